The first-order chi connectivity index (χ1) is 11.6. The topological polar surface area (TPSA) is 51.4 Å². The summed E-state index contributed by atoms with van der Waals surface area (Å²) in [5.74, 6) is 1.78. The van der Waals surface area contributed by atoms with E-state index in [-0.39, 0.29) is 6.10 Å². The van der Waals surface area contributed by atoms with Gasteiger partial charge in [-0.3, -0.25) is 0 Å². The summed E-state index contributed by atoms with van der Waals surface area (Å²) in [6, 6.07) is 17.5. The van der Waals surface area contributed by atoms with Gasteiger partial charge in [-0.2, -0.15) is 4.98 Å². The zero-order chi connectivity index (χ0) is 16.9. The molecule has 0 saturated heterocycles. The molecular weight excluding hydrogens is 302 g/mol. The van der Waals surface area contributed by atoms with Gasteiger partial charge in [-0.25, -0.2) is 0 Å². The molecule has 1 aromatic heterocycles. The van der Waals surface area contributed by atoms with Gasteiger partial charge in [0, 0.05) is 12.1 Å². The van der Waals surface area contributed by atoms with Crippen LogP contribution in [-0.2, 0) is 0 Å². The summed E-state index contributed by atoms with van der Waals surface area (Å²) in [6.07, 6.45) is 0.0534. The Morgan fingerprint density at radius 3 is 2.50 bits per heavy atom. The van der Waals surface area contributed by atoms with Crippen molar-refractivity contribution in [1.29, 1.82) is 0 Å². The molecule has 5 heteroatoms. The Kier molecular flexibility index (Phi) is 4.91. The van der Waals surface area contributed by atoms with Crippen LogP contribution in [0.3, 0.4) is 0 Å². The summed E-state index contributed by atoms with van der Waals surface area (Å²) in [5.41, 5.74) is 1.73. The number of aromatic nitrogens is 2. The zero-order valence-corrected chi connectivity index (χ0v) is 14.1. The van der Waals surface area contributed by atoms with Gasteiger partial charge in [0.15, 0.2) is 0 Å². The van der Waals surface area contributed by atoms with Gasteiger partial charge < -0.3 is 14.2 Å². The second kappa shape index (κ2) is 7.27. The van der Waals surface area contributed by atoms with Crippen LogP contribution in [0.25, 0.3) is 22.8 Å². The minimum atomic E-state index is 0.0534. The number of nitrogens with zero attached hydrogens (tertiary/aromatic N) is 3. The average Bonchev–Trinajstić information content (AvgIpc) is 3.05. The summed E-state index contributed by atoms with van der Waals surface area (Å²) >= 11 is 0. The highest BCUT2D eigenvalue weighted by Gasteiger charge is 2.16. The van der Waals surface area contributed by atoms with Crippen LogP contribution in [0.2, 0.25) is 0 Å². The predicted octanol–water partition coefficient (Wildman–Crippen LogP) is 3.73. The summed E-state index contributed by atoms with van der Waals surface area (Å²) in [7, 11) is 4.05. The van der Waals surface area contributed by atoms with Crippen LogP contribution in [0, 0.1) is 0 Å². The molecule has 0 amide bonds. The molecule has 3 aromatic rings. The van der Waals surface area contributed by atoms with Crippen molar-refractivity contribution >= 4 is 0 Å². The Morgan fingerprint density at radius 1 is 1.04 bits per heavy atom. The Balaban J connectivity index is 1.86. The second-order valence-corrected chi connectivity index (χ2v) is 5.98. The SMILES string of the molecule is CC(CN(C)C)Oc1ccccc1-c1nc(-c2ccccc2)no1. The van der Waals surface area contributed by atoms with Crippen molar-refractivity contribution in [1.82, 2.24) is 15.0 Å². The molecule has 0 aliphatic heterocycles. The molecule has 24 heavy (non-hydrogen) atoms. The van der Waals surface area contributed by atoms with Gasteiger partial charge in [-0.1, -0.05) is 47.6 Å². The highest BCUT2D eigenvalue weighted by atomic mass is 16.5. The Bertz CT molecular complexity index is 784. The van der Waals surface area contributed by atoms with Gasteiger partial charge in [-0.05, 0) is 33.2 Å². The normalized spacial score (nSPS) is 12.3. The number of rotatable bonds is 6. The molecule has 3 rings (SSSR count). The Labute approximate surface area is 141 Å². The van der Waals surface area contributed by atoms with E-state index < -0.39 is 0 Å². The van der Waals surface area contributed by atoms with E-state index in [4.69, 9.17) is 9.26 Å². The number of benzene rings is 2. The summed E-state index contributed by atoms with van der Waals surface area (Å²) in [6.45, 7) is 2.87. The fourth-order valence-electron chi connectivity index (χ4n) is 2.55. The maximum absolute atomic E-state index is 6.06. The standard InChI is InChI=1S/C19H21N3O2/c1-14(13-22(2)3)23-17-12-8-7-11-16(17)19-20-18(21-24-19)15-9-5-4-6-10-15/h4-12,14H,13H2,1-3H3. The smallest absolute Gasteiger partial charge is 0.262 e. The molecule has 1 atom stereocenters. The van der Waals surface area contributed by atoms with E-state index in [0.29, 0.717) is 11.7 Å². The molecule has 0 spiro atoms. The van der Waals surface area contributed by atoms with Crippen LogP contribution in [0.1, 0.15) is 6.92 Å². The number of para-hydroxylation sites is 1. The van der Waals surface area contributed by atoms with E-state index in [1.807, 2.05) is 75.6 Å². The third-order valence-electron chi connectivity index (χ3n) is 3.53. The third-order valence-corrected chi connectivity index (χ3v) is 3.53. The lowest BCUT2D eigenvalue weighted by molar-refractivity contribution is 0.177. The van der Waals surface area contributed by atoms with Gasteiger partial charge in [0.2, 0.25) is 5.82 Å². The number of hydrogen-bond donors (Lipinski definition) is 0. The van der Waals surface area contributed by atoms with Gasteiger partial charge in [0.25, 0.3) is 5.89 Å². The van der Waals surface area contributed by atoms with Crippen LogP contribution >= 0.6 is 0 Å². The summed E-state index contributed by atoms with van der Waals surface area (Å²) < 4.78 is 11.5. The molecule has 1 heterocycles. The second-order valence-electron chi connectivity index (χ2n) is 5.98. The van der Waals surface area contributed by atoms with Crippen molar-refractivity contribution < 1.29 is 9.26 Å². The first-order valence-corrected chi connectivity index (χ1v) is 7.93. The molecule has 0 aliphatic rings. The number of likely N-dealkylation sites (N-methyl/N-ethyl adjacent to an activating group) is 1. The predicted molar refractivity (Wildman–Crippen MR) is 93.8 cm³/mol. The van der Waals surface area contributed by atoms with Gasteiger partial charge in [0.05, 0.1) is 5.56 Å². The van der Waals surface area contributed by atoms with E-state index in [1.54, 1.807) is 0 Å². The largest absolute Gasteiger partial charge is 0.489 e. The fourth-order valence-corrected chi connectivity index (χ4v) is 2.55. The van der Waals surface area contributed by atoms with E-state index in [0.717, 1.165) is 23.4 Å². The van der Waals surface area contributed by atoms with E-state index in [2.05, 4.69) is 15.0 Å². The molecule has 124 valence electrons. The number of ether oxygens (including phenoxy) is 1. The monoisotopic (exact) mass is 323 g/mol. The first-order valence-electron chi connectivity index (χ1n) is 7.93. The first kappa shape index (κ1) is 16.2. The van der Waals surface area contributed by atoms with Crippen molar-refractivity contribution in [3.63, 3.8) is 0 Å². The molecule has 5 nitrogen and oxygen atoms in total. The minimum Gasteiger partial charge on any atom is -0.489 e. The van der Waals surface area contributed by atoms with Crippen molar-refractivity contribution in [3.8, 4) is 28.6 Å². The fraction of sp³-hybridized carbons (Fsp3) is 0.263. The molecule has 0 bridgehead atoms. The van der Waals surface area contributed by atoms with Gasteiger partial charge in [0.1, 0.15) is 11.9 Å². The summed E-state index contributed by atoms with van der Waals surface area (Å²) in [4.78, 5) is 6.60. The van der Waals surface area contributed by atoms with Crippen molar-refractivity contribution in [2.45, 2.75) is 13.0 Å². The van der Waals surface area contributed by atoms with Crippen LogP contribution in [0.15, 0.2) is 59.1 Å². The molecule has 0 saturated carbocycles. The van der Waals surface area contributed by atoms with Gasteiger partial charge >= 0.3 is 0 Å². The van der Waals surface area contributed by atoms with Crippen molar-refractivity contribution in [2.75, 3.05) is 20.6 Å². The van der Waals surface area contributed by atoms with E-state index >= 15 is 0 Å². The molecular formula is C19H21N3O2. The summed E-state index contributed by atoms with van der Waals surface area (Å²) in [5, 5.41) is 4.08. The van der Waals surface area contributed by atoms with Crippen LogP contribution in [0.4, 0.5) is 0 Å². The number of hydrogen-bond acceptors (Lipinski definition) is 5. The quantitative estimate of drug-likeness (QED) is 0.692. The lowest BCUT2D eigenvalue weighted by Gasteiger charge is -2.19. The third kappa shape index (κ3) is 3.81. The molecule has 1 unspecified atom stereocenters. The molecule has 0 aliphatic carbocycles. The van der Waals surface area contributed by atoms with Crippen molar-refractivity contribution in [2.24, 2.45) is 0 Å². The molecule has 0 fully saturated rings. The lowest BCUT2D eigenvalue weighted by atomic mass is 10.2. The van der Waals surface area contributed by atoms with E-state index in [1.165, 1.54) is 0 Å². The maximum Gasteiger partial charge on any atom is 0.262 e. The van der Waals surface area contributed by atoms with Crippen LogP contribution in [0.5, 0.6) is 5.75 Å². The highest BCUT2D eigenvalue weighted by molar-refractivity contribution is 5.65. The van der Waals surface area contributed by atoms with Crippen molar-refractivity contribution in [3.05, 3.63) is 54.6 Å². The molecule has 2 aromatic carbocycles. The molecule has 0 radical (unpaired) electrons. The maximum atomic E-state index is 6.06. The minimum absolute atomic E-state index is 0.0534. The Morgan fingerprint density at radius 2 is 1.75 bits per heavy atom. The van der Waals surface area contributed by atoms with E-state index in [9.17, 15) is 0 Å². The highest BCUT2D eigenvalue weighted by Crippen LogP contribution is 2.30. The van der Waals surface area contributed by atoms with Gasteiger partial charge in [-0.15, -0.1) is 0 Å². The average molecular weight is 323 g/mol. The molecule has 0 N–H and O–H groups in total. The Hall–Kier alpha value is -2.66. The van der Waals surface area contributed by atoms with Crippen LogP contribution in [-0.4, -0.2) is 41.8 Å². The zero-order valence-electron chi connectivity index (χ0n) is 14.1. The van der Waals surface area contributed by atoms with Crippen LogP contribution < -0.4 is 4.74 Å². The lowest BCUT2D eigenvalue weighted by Crippen LogP contribution is -2.28.